The van der Waals surface area contributed by atoms with Crippen molar-refractivity contribution in [2.24, 2.45) is 5.73 Å². The summed E-state index contributed by atoms with van der Waals surface area (Å²) in [6.45, 7) is 0. The van der Waals surface area contributed by atoms with Crippen molar-refractivity contribution >= 4 is 11.6 Å². The minimum atomic E-state index is -5.80. The van der Waals surface area contributed by atoms with Gasteiger partial charge in [-0.05, 0) is 6.07 Å². The van der Waals surface area contributed by atoms with E-state index in [9.17, 15) is 27.1 Å². The molecule has 0 bridgehead atoms. The van der Waals surface area contributed by atoms with E-state index in [2.05, 4.69) is 0 Å². The summed E-state index contributed by atoms with van der Waals surface area (Å²) < 4.78 is 62.0. The molecule has 1 atom stereocenters. The molecule has 0 amide bonds. The van der Waals surface area contributed by atoms with Crippen LogP contribution in [0.25, 0.3) is 0 Å². The van der Waals surface area contributed by atoms with Gasteiger partial charge in [-0.1, -0.05) is 23.7 Å². The van der Waals surface area contributed by atoms with E-state index in [4.69, 9.17) is 17.3 Å². The zero-order chi connectivity index (χ0) is 13.4. The second-order valence-corrected chi connectivity index (χ2v) is 3.68. The average Bonchev–Trinajstić information content (AvgIpc) is 2.19. The van der Waals surface area contributed by atoms with Crippen LogP contribution in [0.4, 0.5) is 22.0 Å². The normalized spacial score (nSPS) is 14.8. The lowest BCUT2D eigenvalue weighted by Gasteiger charge is -2.26. The van der Waals surface area contributed by atoms with Crippen molar-refractivity contribution in [3.63, 3.8) is 0 Å². The molecule has 0 fully saturated rings. The van der Waals surface area contributed by atoms with Gasteiger partial charge in [0.25, 0.3) is 0 Å². The largest absolute Gasteiger partial charge is 0.506 e. The van der Waals surface area contributed by atoms with E-state index in [1.165, 1.54) is 0 Å². The third-order valence-electron chi connectivity index (χ3n) is 2.12. The second kappa shape index (κ2) is 4.30. The molecule has 96 valence electrons. The number of alkyl halides is 5. The topological polar surface area (TPSA) is 46.2 Å². The van der Waals surface area contributed by atoms with Crippen LogP contribution in [0.15, 0.2) is 18.2 Å². The molecule has 0 radical (unpaired) electrons. The molecule has 1 aromatic rings. The van der Waals surface area contributed by atoms with Crippen LogP contribution in [-0.4, -0.2) is 17.2 Å². The van der Waals surface area contributed by atoms with Gasteiger partial charge in [-0.3, -0.25) is 0 Å². The molecule has 1 aromatic carbocycles. The van der Waals surface area contributed by atoms with Crippen LogP contribution in [0.2, 0.25) is 5.02 Å². The Morgan fingerprint density at radius 3 is 2.18 bits per heavy atom. The Morgan fingerprint density at radius 1 is 1.18 bits per heavy atom. The SMILES string of the molecule is N[C@@H](c1cccc(Cl)c1O)C(F)(F)C(F)(F)F. The fourth-order valence-electron chi connectivity index (χ4n) is 1.15. The van der Waals surface area contributed by atoms with Gasteiger partial charge in [0, 0.05) is 5.56 Å². The summed E-state index contributed by atoms with van der Waals surface area (Å²) in [7, 11) is 0. The van der Waals surface area contributed by atoms with Crippen molar-refractivity contribution < 1.29 is 27.1 Å². The van der Waals surface area contributed by atoms with Gasteiger partial charge in [-0.2, -0.15) is 22.0 Å². The number of aromatic hydroxyl groups is 1. The van der Waals surface area contributed by atoms with Crippen LogP contribution >= 0.6 is 11.6 Å². The number of phenols is 1. The Balaban J connectivity index is 3.22. The van der Waals surface area contributed by atoms with Crippen molar-refractivity contribution in [2.45, 2.75) is 18.1 Å². The van der Waals surface area contributed by atoms with E-state index < -0.39 is 29.5 Å². The number of halogens is 6. The standard InChI is InChI=1S/C9H7ClF5NO/c10-5-3-1-2-4(6(5)17)7(16)8(11,12)9(13,14)15/h1-3,7,17H,16H2/t7-/m0/s1. The fourth-order valence-corrected chi connectivity index (χ4v) is 1.34. The molecule has 0 aliphatic rings. The summed E-state index contributed by atoms with van der Waals surface area (Å²) in [5.74, 6) is -6.04. The first kappa shape index (κ1) is 14.0. The van der Waals surface area contributed by atoms with Crippen LogP contribution in [0.1, 0.15) is 11.6 Å². The Hall–Kier alpha value is -1.08. The van der Waals surface area contributed by atoms with E-state index in [0.717, 1.165) is 18.2 Å². The quantitative estimate of drug-likeness (QED) is 0.814. The molecule has 0 unspecified atom stereocenters. The third-order valence-corrected chi connectivity index (χ3v) is 2.43. The monoisotopic (exact) mass is 275 g/mol. The van der Waals surface area contributed by atoms with Gasteiger partial charge in [-0.25, -0.2) is 0 Å². The predicted octanol–water partition coefficient (Wildman–Crippen LogP) is 3.24. The predicted molar refractivity (Wildman–Crippen MR) is 51.0 cm³/mol. The van der Waals surface area contributed by atoms with Crippen molar-refractivity contribution in [1.82, 2.24) is 0 Å². The lowest BCUT2D eigenvalue weighted by atomic mass is 10.00. The highest BCUT2D eigenvalue weighted by Gasteiger charge is 2.62. The van der Waals surface area contributed by atoms with Gasteiger partial charge in [-0.15, -0.1) is 0 Å². The van der Waals surface area contributed by atoms with Gasteiger partial charge >= 0.3 is 12.1 Å². The number of benzene rings is 1. The van der Waals surface area contributed by atoms with Gasteiger partial charge in [0.2, 0.25) is 0 Å². The highest BCUT2D eigenvalue weighted by Crippen LogP contribution is 2.45. The van der Waals surface area contributed by atoms with Crippen LogP contribution < -0.4 is 5.73 Å². The molecule has 2 nitrogen and oxygen atoms in total. The maximum atomic E-state index is 12.9. The Kier molecular flexibility index (Phi) is 3.54. The summed E-state index contributed by atoms with van der Waals surface area (Å²) >= 11 is 5.39. The smallest absolute Gasteiger partial charge is 0.455 e. The number of rotatable bonds is 2. The third kappa shape index (κ3) is 2.44. The summed E-state index contributed by atoms with van der Waals surface area (Å²) in [4.78, 5) is 0. The van der Waals surface area contributed by atoms with Crippen LogP contribution in [-0.2, 0) is 0 Å². The minimum absolute atomic E-state index is 0.351. The van der Waals surface area contributed by atoms with E-state index in [-0.39, 0.29) is 5.02 Å². The summed E-state index contributed by atoms with van der Waals surface area (Å²) in [5, 5.41) is 8.93. The number of hydrogen-bond acceptors (Lipinski definition) is 2. The van der Waals surface area contributed by atoms with Crippen molar-refractivity contribution in [1.29, 1.82) is 0 Å². The number of phenolic OH excluding ortho intramolecular Hbond substituents is 1. The van der Waals surface area contributed by atoms with E-state index in [1.807, 2.05) is 0 Å². The van der Waals surface area contributed by atoms with Crippen LogP contribution in [0.5, 0.6) is 5.75 Å². The molecule has 17 heavy (non-hydrogen) atoms. The maximum absolute atomic E-state index is 12.9. The second-order valence-electron chi connectivity index (χ2n) is 3.28. The molecule has 1 rings (SSSR count). The van der Waals surface area contributed by atoms with Gasteiger partial charge in [0.1, 0.15) is 11.8 Å². The molecule has 0 saturated carbocycles. The van der Waals surface area contributed by atoms with Gasteiger partial charge in [0.05, 0.1) is 5.02 Å². The first-order valence-corrected chi connectivity index (χ1v) is 4.64. The molecule has 3 N–H and O–H groups in total. The lowest BCUT2D eigenvalue weighted by molar-refractivity contribution is -0.291. The van der Waals surface area contributed by atoms with Gasteiger partial charge in [0.15, 0.2) is 0 Å². The average molecular weight is 276 g/mol. The highest BCUT2D eigenvalue weighted by atomic mass is 35.5. The fraction of sp³-hybridized carbons (Fsp3) is 0.333. The molecule has 0 aliphatic heterocycles. The van der Waals surface area contributed by atoms with E-state index >= 15 is 0 Å². The number of hydrogen-bond donors (Lipinski definition) is 2. The van der Waals surface area contributed by atoms with Crippen molar-refractivity contribution in [3.8, 4) is 5.75 Å². The first-order valence-electron chi connectivity index (χ1n) is 4.26. The lowest BCUT2D eigenvalue weighted by Crippen LogP contribution is -2.45. The highest BCUT2D eigenvalue weighted by molar-refractivity contribution is 6.32. The summed E-state index contributed by atoms with van der Waals surface area (Å²) in [5.41, 5.74) is 4.08. The van der Waals surface area contributed by atoms with Gasteiger partial charge < -0.3 is 10.8 Å². The molecule has 0 spiro atoms. The number of para-hydroxylation sites is 1. The van der Waals surface area contributed by atoms with Crippen molar-refractivity contribution in [2.75, 3.05) is 0 Å². The molecule has 0 saturated heterocycles. The Morgan fingerprint density at radius 2 is 1.71 bits per heavy atom. The van der Waals surface area contributed by atoms with E-state index in [1.54, 1.807) is 0 Å². The summed E-state index contributed by atoms with van der Waals surface area (Å²) in [6, 6.07) is 0.384. The Bertz CT molecular complexity index is 420. The molecular formula is C9H7ClF5NO. The zero-order valence-electron chi connectivity index (χ0n) is 8.10. The van der Waals surface area contributed by atoms with Crippen molar-refractivity contribution in [3.05, 3.63) is 28.8 Å². The number of nitrogens with two attached hydrogens (primary N) is 1. The zero-order valence-corrected chi connectivity index (χ0v) is 8.86. The maximum Gasteiger partial charge on any atom is 0.455 e. The molecular weight excluding hydrogens is 269 g/mol. The molecule has 0 aliphatic carbocycles. The minimum Gasteiger partial charge on any atom is -0.506 e. The van der Waals surface area contributed by atoms with E-state index in [0.29, 0.717) is 0 Å². The summed E-state index contributed by atoms with van der Waals surface area (Å²) in [6.07, 6.45) is -5.80. The molecule has 0 aromatic heterocycles. The molecule has 0 heterocycles. The Labute approximate surface area is 97.8 Å². The van der Waals surface area contributed by atoms with Crippen LogP contribution in [0, 0.1) is 0 Å². The van der Waals surface area contributed by atoms with Crippen LogP contribution in [0.3, 0.4) is 0 Å². The first-order chi connectivity index (χ1) is 7.59. The molecule has 8 heteroatoms.